The van der Waals surface area contributed by atoms with Crippen molar-refractivity contribution in [3.05, 3.63) is 59.2 Å². The van der Waals surface area contributed by atoms with Gasteiger partial charge in [0.05, 0.1) is 17.7 Å². The van der Waals surface area contributed by atoms with E-state index < -0.39 is 10.0 Å². The van der Waals surface area contributed by atoms with Gasteiger partial charge in [0.15, 0.2) is 5.82 Å². The van der Waals surface area contributed by atoms with Gasteiger partial charge in [-0.2, -0.15) is 0 Å². The van der Waals surface area contributed by atoms with Crippen LogP contribution in [-0.4, -0.2) is 38.8 Å². The molecule has 1 aliphatic rings. The normalized spacial score (nSPS) is 14.8. The number of hydrogen-bond donors (Lipinski definition) is 1. The zero-order chi connectivity index (χ0) is 24.5. The molecule has 0 radical (unpaired) electrons. The highest BCUT2D eigenvalue weighted by Gasteiger charge is 2.22. The Morgan fingerprint density at radius 3 is 2.24 bits per heavy atom. The Kier molecular flexibility index (Phi) is 6.79. The van der Waals surface area contributed by atoms with Crippen molar-refractivity contribution >= 4 is 21.5 Å². The second kappa shape index (κ2) is 9.62. The highest BCUT2D eigenvalue weighted by Crippen LogP contribution is 2.32. The summed E-state index contributed by atoms with van der Waals surface area (Å²) in [7, 11) is -2.16. The molecule has 0 amide bonds. The summed E-state index contributed by atoms with van der Waals surface area (Å²) in [5.41, 5.74) is 4.38. The van der Waals surface area contributed by atoms with Crippen LogP contribution in [0, 0.1) is 26.7 Å². The van der Waals surface area contributed by atoms with Gasteiger partial charge in [-0.05, 0) is 86.6 Å². The molecule has 4 rings (SSSR count). The predicted molar refractivity (Wildman–Crippen MR) is 136 cm³/mol. The van der Waals surface area contributed by atoms with E-state index in [1.807, 2.05) is 38.1 Å². The van der Waals surface area contributed by atoms with Gasteiger partial charge in [-0.25, -0.2) is 8.42 Å². The fourth-order valence-electron chi connectivity index (χ4n) is 4.42. The van der Waals surface area contributed by atoms with Gasteiger partial charge >= 0.3 is 0 Å². The van der Waals surface area contributed by atoms with Crippen molar-refractivity contribution in [1.29, 1.82) is 0 Å². The third-order valence-electron chi connectivity index (χ3n) is 6.66. The van der Waals surface area contributed by atoms with Crippen LogP contribution in [0.25, 0.3) is 11.3 Å². The number of sulfonamides is 1. The molecule has 0 spiro atoms. The standard InChI is InChI=1S/C26H32N4O3S/c1-17-12-14-30(15-13-17)25-11-10-23(27-28-25)21-6-8-22(9-7-21)29-34(31,32)24-16-18(2)26(33-5)20(4)19(24)3/h6-11,16-17,29H,12-15H2,1-5H3. The number of nitrogens with one attached hydrogen (secondary N) is 1. The molecule has 8 heteroatoms. The van der Waals surface area contributed by atoms with E-state index in [9.17, 15) is 8.42 Å². The molecule has 1 N–H and O–H groups in total. The van der Waals surface area contributed by atoms with Crippen molar-refractivity contribution < 1.29 is 13.2 Å². The molecular formula is C26H32N4O3S. The van der Waals surface area contributed by atoms with Crippen molar-refractivity contribution in [1.82, 2.24) is 10.2 Å². The van der Waals surface area contributed by atoms with E-state index in [1.54, 1.807) is 32.2 Å². The number of piperidine rings is 1. The van der Waals surface area contributed by atoms with Crippen LogP contribution in [-0.2, 0) is 10.0 Å². The van der Waals surface area contributed by atoms with Crippen molar-refractivity contribution in [3.8, 4) is 17.0 Å². The quantitative estimate of drug-likeness (QED) is 0.527. The monoisotopic (exact) mass is 480 g/mol. The van der Waals surface area contributed by atoms with E-state index in [0.717, 1.165) is 47.2 Å². The number of aromatic nitrogens is 2. The van der Waals surface area contributed by atoms with Crippen molar-refractivity contribution in [2.45, 2.75) is 45.4 Å². The molecule has 0 saturated carbocycles. The lowest BCUT2D eigenvalue weighted by molar-refractivity contribution is 0.407. The molecule has 1 saturated heterocycles. The van der Waals surface area contributed by atoms with Gasteiger partial charge in [0.1, 0.15) is 5.75 Å². The molecular weight excluding hydrogens is 448 g/mol. The van der Waals surface area contributed by atoms with Crippen LogP contribution < -0.4 is 14.4 Å². The molecule has 0 unspecified atom stereocenters. The van der Waals surface area contributed by atoms with E-state index in [0.29, 0.717) is 17.0 Å². The molecule has 0 bridgehead atoms. The Morgan fingerprint density at radius 1 is 0.971 bits per heavy atom. The van der Waals surface area contributed by atoms with Gasteiger partial charge in [-0.1, -0.05) is 19.1 Å². The number of aryl methyl sites for hydroxylation is 1. The first-order valence-electron chi connectivity index (χ1n) is 11.6. The minimum Gasteiger partial charge on any atom is -0.496 e. The molecule has 2 aromatic carbocycles. The molecule has 0 atom stereocenters. The summed E-state index contributed by atoms with van der Waals surface area (Å²) >= 11 is 0. The Morgan fingerprint density at radius 2 is 1.65 bits per heavy atom. The topological polar surface area (TPSA) is 84.4 Å². The number of benzene rings is 2. The summed E-state index contributed by atoms with van der Waals surface area (Å²) in [6, 6.07) is 12.8. The molecule has 3 aromatic rings. The third kappa shape index (κ3) is 4.87. The van der Waals surface area contributed by atoms with Crippen molar-refractivity contribution in [2.75, 3.05) is 29.8 Å². The molecule has 1 aromatic heterocycles. The second-order valence-electron chi connectivity index (χ2n) is 9.10. The van der Waals surface area contributed by atoms with Crippen LogP contribution in [0.4, 0.5) is 11.5 Å². The lowest BCUT2D eigenvalue weighted by Gasteiger charge is -2.30. The van der Waals surface area contributed by atoms with Gasteiger partial charge < -0.3 is 9.64 Å². The van der Waals surface area contributed by atoms with Crippen LogP contribution in [0.5, 0.6) is 5.75 Å². The Hall–Kier alpha value is -3.13. The summed E-state index contributed by atoms with van der Waals surface area (Å²) in [5.74, 6) is 2.38. The van der Waals surface area contributed by atoms with Gasteiger partial charge in [-0.15, -0.1) is 10.2 Å². The van der Waals surface area contributed by atoms with E-state index in [-0.39, 0.29) is 4.90 Å². The zero-order valence-electron chi connectivity index (χ0n) is 20.4. The third-order valence-corrected chi connectivity index (χ3v) is 8.17. The Balaban J connectivity index is 1.50. The van der Waals surface area contributed by atoms with Crippen molar-refractivity contribution in [3.63, 3.8) is 0 Å². The van der Waals surface area contributed by atoms with E-state index in [1.165, 1.54) is 12.8 Å². The minimum atomic E-state index is -3.75. The molecule has 2 heterocycles. The molecule has 0 aliphatic carbocycles. The van der Waals surface area contributed by atoms with Crippen LogP contribution in [0.2, 0.25) is 0 Å². The number of methoxy groups -OCH3 is 1. The maximum absolute atomic E-state index is 13.1. The highest BCUT2D eigenvalue weighted by molar-refractivity contribution is 7.92. The first-order valence-corrected chi connectivity index (χ1v) is 13.0. The fraction of sp³-hybridized carbons (Fsp3) is 0.385. The summed E-state index contributed by atoms with van der Waals surface area (Å²) in [6.07, 6.45) is 2.35. The van der Waals surface area contributed by atoms with Crippen LogP contribution in [0.1, 0.15) is 36.5 Å². The van der Waals surface area contributed by atoms with E-state index in [4.69, 9.17) is 4.74 Å². The molecule has 180 valence electrons. The zero-order valence-corrected chi connectivity index (χ0v) is 21.2. The Bertz CT molecular complexity index is 1260. The number of rotatable bonds is 6. The first-order chi connectivity index (χ1) is 16.2. The highest BCUT2D eigenvalue weighted by atomic mass is 32.2. The number of hydrogen-bond acceptors (Lipinski definition) is 6. The van der Waals surface area contributed by atoms with Crippen molar-refractivity contribution in [2.24, 2.45) is 5.92 Å². The number of anilines is 2. The van der Waals surface area contributed by atoms with Crippen LogP contribution >= 0.6 is 0 Å². The molecule has 34 heavy (non-hydrogen) atoms. The van der Waals surface area contributed by atoms with Gasteiger partial charge in [0.2, 0.25) is 0 Å². The minimum absolute atomic E-state index is 0.251. The molecule has 1 aliphatic heterocycles. The number of ether oxygens (including phenoxy) is 1. The van der Waals surface area contributed by atoms with E-state index in [2.05, 4.69) is 26.7 Å². The maximum Gasteiger partial charge on any atom is 0.262 e. The number of nitrogens with zero attached hydrogens (tertiary/aromatic N) is 3. The molecule has 7 nitrogen and oxygen atoms in total. The molecule has 1 fully saturated rings. The van der Waals surface area contributed by atoms with E-state index >= 15 is 0 Å². The summed E-state index contributed by atoms with van der Waals surface area (Å²) in [5, 5.41) is 8.82. The van der Waals surface area contributed by atoms with Crippen LogP contribution in [0.3, 0.4) is 0 Å². The van der Waals surface area contributed by atoms with Gasteiger partial charge in [0.25, 0.3) is 10.0 Å². The predicted octanol–water partition coefficient (Wildman–Crippen LogP) is 5.11. The average molecular weight is 481 g/mol. The smallest absolute Gasteiger partial charge is 0.262 e. The fourth-order valence-corrected chi connectivity index (χ4v) is 5.86. The summed E-state index contributed by atoms with van der Waals surface area (Å²) in [4.78, 5) is 2.53. The summed E-state index contributed by atoms with van der Waals surface area (Å²) < 4.78 is 34.3. The van der Waals surface area contributed by atoms with Gasteiger partial charge in [0, 0.05) is 24.3 Å². The van der Waals surface area contributed by atoms with Gasteiger partial charge in [-0.3, -0.25) is 4.72 Å². The SMILES string of the molecule is COc1c(C)cc(S(=O)(=O)Nc2ccc(-c3ccc(N4CCC(C)CC4)nn3)cc2)c(C)c1C. The first kappa shape index (κ1) is 24.0. The Labute approximate surface area is 202 Å². The van der Waals surface area contributed by atoms with Crippen LogP contribution in [0.15, 0.2) is 47.4 Å². The summed E-state index contributed by atoms with van der Waals surface area (Å²) in [6.45, 7) is 9.82. The average Bonchev–Trinajstić information content (AvgIpc) is 2.82. The lowest BCUT2D eigenvalue weighted by Crippen LogP contribution is -2.33. The second-order valence-corrected chi connectivity index (χ2v) is 10.8. The largest absolute Gasteiger partial charge is 0.496 e. The maximum atomic E-state index is 13.1. The lowest BCUT2D eigenvalue weighted by atomic mass is 9.99.